The predicted octanol–water partition coefficient (Wildman–Crippen LogP) is 3.65. The van der Waals surface area contributed by atoms with Gasteiger partial charge < -0.3 is 9.30 Å². The number of hydrogen-bond donors (Lipinski definition) is 0. The van der Waals surface area contributed by atoms with Crippen LogP contribution in [-0.4, -0.2) is 27.1 Å². The number of nitrogens with zero attached hydrogens (tertiary/aromatic N) is 3. The van der Waals surface area contributed by atoms with E-state index in [0.29, 0.717) is 11.6 Å². The van der Waals surface area contributed by atoms with Crippen LogP contribution >= 0.6 is 11.6 Å². The highest BCUT2D eigenvalue weighted by molar-refractivity contribution is 6.35. The number of aryl methyl sites for hydroxylation is 1. The van der Waals surface area contributed by atoms with Crippen molar-refractivity contribution in [2.75, 3.05) is 6.61 Å². The van der Waals surface area contributed by atoms with E-state index < -0.39 is 0 Å². The molecule has 3 aromatic rings. The number of fused-ring (bicyclic) bond motifs is 1. The van der Waals surface area contributed by atoms with Crippen LogP contribution < -0.4 is 0 Å². The Hall–Kier alpha value is -2.40. The number of pyridine rings is 1. The zero-order chi connectivity index (χ0) is 16.8. The van der Waals surface area contributed by atoms with Crippen LogP contribution in [0.5, 0.6) is 0 Å². The van der Waals surface area contributed by atoms with Gasteiger partial charge in [0.05, 0.1) is 24.9 Å². The number of carbonyl (C=O) groups excluding carboxylic acids is 1. The van der Waals surface area contributed by atoms with Gasteiger partial charge in [-0.25, -0.2) is 4.98 Å². The Morgan fingerprint density at radius 3 is 2.96 bits per heavy atom. The minimum atomic E-state index is -0.244. The van der Waals surface area contributed by atoms with Crippen LogP contribution in [0.25, 0.3) is 10.9 Å². The smallest absolute Gasteiger partial charge is 0.310 e. The molecule has 0 N–H and O–H groups in total. The van der Waals surface area contributed by atoms with E-state index in [1.807, 2.05) is 29.0 Å². The van der Waals surface area contributed by atoms with Crippen molar-refractivity contribution in [3.05, 3.63) is 59.8 Å². The van der Waals surface area contributed by atoms with E-state index in [-0.39, 0.29) is 12.4 Å². The number of aromatic nitrogens is 3. The van der Waals surface area contributed by atoms with E-state index in [0.717, 1.165) is 35.9 Å². The van der Waals surface area contributed by atoms with Crippen molar-refractivity contribution in [1.29, 1.82) is 0 Å². The van der Waals surface area contributed by atoms with Crippen LogP contribution in [0.3, 0.4) is 0 Å². The molecular weight excluding hydrogens is 326 g/mol. The van der Waals surface area contributed by atoms with E-state index in [9.17, 15) is 4.79 Å². The second-order valence-corrected chi connectivity index (χ2v) is 5.92. The Balaban J connectivity index is 1.49. The van der Waals surface area contributed by atoms with E-state index in [1.165, 1.54) is 0 Å². The lowest BCUT2D eigenvalue weighted by atomic mass is 10.1. The number of benzene rings is 1. The molecule has 0 spiro atoms. The molecule has 1 aromatic carbocycles. The van der Waals surface area contributed by atoms with Crippen molar-refractivity contribution in [3.8, 4) is 0 Å². The highest BCUT2D eigenvalue weighted by atomic mass is 35.5. The Labute approximate surface area is 145 Å². The molecule has 6 heteroatoms. The average molecular weight is 344 g/mol. The average Bonchev–Trinajstić information content (AvgIpc) is 3.11. The summed E-state index contributed by atoms with van der Waals surface area (Å²) in [6.07, 6.45) is 9.12. The normalized spacial score (nSPS) is 10.9. The highest BCUT2D eigenvalue weighted by Gasteiger charge is 2.10. The van der Waals surface area contributed by atoms with Crippen molar-refractivity contribution in [3.63, 3.8) is 0 Å². The Morgan fingerprint density at radius 1 is 1.21 bits per heavy atom. The summed E-state index contributed by atoms with van der Waals surface area (Å²) >= 11 is 6.16. The molecule has 0 atom stereocenters. The first kappa shape index (κ1) is 16.5. The predicted molar refractivity (Wildman–Crippen MR) is 92.9 cm³/mol. The molecule has 0 aliphatic heterocycles. The number of halogens is 1. The first-order valence-electron chi connectivity index (χ1n) is 7.87. The van der Waals surface area contributed by atoms with Gasteiger partial charge in [0, 0.05) is 35.5 Å². The van der Waals surface area contributed by atoms with E-state index >= 15 is 0 Å². The molecule has 0 fully saturated rings. The fraction of sp³-hybridized carbons (Fsp3) is 0.278. The molecule has 0 aliphatic rings. The zero-order valence-electron chi connectivity index (χ0n) is 13.2. The summed E-state index contributed by atoms with van der Waals surface area (Å²) < 4.78 is 7.33. The number of rotatable bonds is 7. The maximum Gasteiger partial charge on any atom is 0.310 e. The zero-order valence-corrected chi connectivity index (χ0v) is 13.9. The second-order valence-electron chi connectivity index (χ2n) is 5.51. The minimum absolute atomic E-state index is 0.201. The van der Waals surface area contributed by atoms with Crippen LogP contribution in [0.2, 0.25) is 5.02 Å². The molecule has 0 unspecified atom stereocenters. The molecule has 2 heterocycles. The van der Waals surface area contributed by atoms with Crippen LogP contribution in [0, 0.1) is 0 Å². The molecule has 2 aromatic heterocycles. The van der Waals surface area contributed by atoms with Crippen molar-refractivity contribution >= 4 is 28.5 Å². The molecular formula is C18H18ClN3O2. The van der Waals surface area contributed by atoms with Gasteiger partial charge in [0.15, 0.2) is 0 Å². The van der Waals surface area contributed by atoms with Crippen molar-refractivity contribution in [1.82, 2.24) is 14.5 Å². The molecule has 0 saturated heterocycles. The number of unbranched alkanes of at least 4 members (excludes halogenated alkanes) is 1. The van der Waals surface area contributed by atoms with Gasteiger partial charge >= 0.3 is 5.97 Å². The fourth-order valence-corrected chi connectivity index (χ4v) is 2.76. The molecule has 3 rings (SSSR count). The van der Waals surface area contributed by atoms with Gasteiger partial charge in [0.25, 0.3) is 0 Å². The van der Waals surface area contributed by atoms with Crippen LogP contribution in [0.15, 0.2) is 49.2 Å². The third kappa shape index (κ3) is 4.11. The van der Waals surface area contributed by atoms with Gasteiger partial charge in [-0.3, -0.25) is 9.78 Å². The lowest BCUT2D eigenvalue weighted by Gasteiger charge is -2.08. The lowest BCUT2D eigenvalue weighted by Crippen LogP contribution is -2.10. The Kier molecular flexibility index (Phi) is 5.43. The monoisotopic (exact) mass is 343 g/mol. The van der Waals surface area contributed by atoms with Gasteiger partial charge in [0.1, 0.15) is 0 Å². The number of imidazole rings is 1. The maximum absolute atomic E-state index is 12.0. The molecule has 24 heavy (non-hydrogen) atoms. The molecule has 0 radical (unpaired) electrons. The molecule has 124 valence electrons. The molecule has 0 aliphatic carbocycles. The summed E-state index contributed by atoms with van der Waals surface area (Å²) in [6, 6.07) is 7.35. The lowest BCUT2D eigenvalue weighted by molar-refractivity contribution is -0.142. The molecule has 5 nitrogen and oxygen atoms in total. The number of carbonyl (C=O) groups is 1. The first-order valence-corrected chi connectivity index (χ1v) is 8.25. The summed E-state index contributed by atoms with van der Waals surface area (Å²) in [5.41, 5.74) is 1.58. The largest absolute Gasteiger partial charge is 0.465 e. The van der Waals surface area contributed by atoms with E-state index in [1.54, 1.807) is 24.8 Å². The maximum atomic E-state index is 12.0. The van der Waals surface area contributed by atoms with Crippen molar-refractivity contribution in [2.24, 2.45) is 0 Å². The van der Waals surface area contributed by atoms with Crippen molar-refractivity contribution < 1.29 is 9.53 Å². The standard InChI is InChI=1S/C18H18ClN3O2/c19-16-6-5-14(18-15(16)4-3-7-21-18)12-17(23)24-11-2-1-9-22-10-8-20-13-22/h3-8,10,13H,1-2,9,11-12H2. The quantitative estimate of drug-likeness (QED) is 0.485. The fourth-order valence-electron chi connectivity index (χ4n) is 2.55. The summed E-state index contributed by atoms with van der Waals surface area (Å²) in [5.74, 6) is -0.244. The number of hydrogen-bond acceptors (Lipinski definition) is 4. The highest BCUT2D eigenvalue weighted by Crippen LogP contribution is 2.25. The molecule has 0 bridgehead atoms. The third-order valence-electron chi connectivity index (χ3n) is 3.77. The van der Waals surface area contributed by atoms with Crippen LogP contribution in [0.1, 0.15) is 18.4 Å². The Morgan fingerprint density at radius 2 is 2.12 bits per heavy atom. The second kappa shape index (κ2) is 7.93. The Bertz CT molecular complexity index is 818. The van der Waals surface area contributed by atoms with Crippen molar-refractivity contribution in [2.45, 2.75) is 25.8 Å². The van der Waals surface area contributed by atoms with E-state index in [2.05, 4.69) is 9.97 Å². The van der Waals surface area contributed by atoms with E-state index in [4.69, 9.17) is 16.3 Å². The van der Waals surface area contributed by atoms with Gasteiger partial charge in [-0.1, -0.05) is 17.7 Å². The summed E-state index contributed by atoms with van der Waals surface area (Å²) in [7, 11) is 0. The third-order valence-corrected chi connectivity index (χ3v) is 4.10. The molecule has 0 amide bonds. The van der Waals surface area contributed by atoms with Gasteiger partial charge in [-0.05, 0) is 36.6 Å². The van der Waals surface area contributed by atoms with Gasteiger partial charge in [-0.15, -0.1) is 0 Å². The van der Waals surface area contributed by atoms with Crippen LogP contribution in [-0.2, 0) is 22.5 Å². The topological polar surface area (TPSA) is 57.0 Å². The van der Waals surface area contributed by atoms with Crippen LogP contribution in [0.4, 0.5) is 0 Å². The number of ether oxygens (including phenoxy) is 1. The summed E-state index contributed by atoms with van der Waals surface area (Å²) in [5, 5.41) is 1.49. The minimum Gasteiger partial charge on any atom is -0.465 e. The number of esters is 1. The SMILES string of the molecule is O=C(Cc1ccc(Cl)c2cccnc12)OCCCCn1ccnc1. The van der Waals surface area contributed by atoms with Gasteiger partial charge in [-0.2, -0.15) is 0 Å². The summed E-state index contributed by atoms with van der Waals surface area (Å²) in [6.45, 7) is 1.30. The van der Waals surface area contributed by atoms with Gasteiger partial charge in [0.2, 0.25) is 0 Å². The molecule has 0 saturated carbocycles. The first-order chi connectivity index (χ1) is 11.7. The summed E-state index contributed by atoms with van der Waals surface area (Å²) in [4.78, 5) is 20.4.